The molecule has 0 radical (unpaired) electrons. The molecule has 3 unspecified atom stereocenters. The molecule has 0 saturated heterocycles. The molecular weight excluding hydrogens is 717 g/mol. The molecule has 6 heteroatoms. The Morgan fingerprint density at radius 3 is 2.12 bits per heavy atom. The molecule has 272 valence electrons. The molecule has 3 atom stereocenters. The predicted octanol–water partition coefficient (Wildman–Crippen LogP) is 10.8. The van der Waals surface area contributed by atoms with Crippen molar-refractivity contribution in [1.82, 2.24) is 15.2 Å². The van der Waals surface area contributed by atoms with E-state index in [2.05, 4.69) is 185 Å². The average Bonchev–Trinajstić information content (AvgIpc) is 3.96. The van der Waals surface area contributed by atoms with Gasteiger partial charge in [-0.1, -0.05) is 127 Å². The summed E-state index contributed by atoms with van der Waals surface area (Å²) in [5.74, 6) is 1.02. The normalized spacial score (nSPS) is 18.0. The van der Waals surface area contributed by atoms with E-state index in [0.717, 1.165) is 39.4 Å². The second-order valence-corrected chi connectivity index (χ2v) is 16.2. The van der Waals surface area contributed by atoms with E-state index in [1.165, 1.54) is 64.4 Å². The second-order valence-electron chi connectivity index (χ2n) is 15.1. The molecule has 57 heavy (non-hydrogen) atoms. The summed E-state index contributed by atoms with van der Waals surface area (Å²) in [6.07, 6.45) is 5.30. The van der Waals surface area contributed by atoms with E-state index in [9.17, 15) is 0 Å². The molecule has 5 nitrogen and oxygen atoms in total. The molecule has 0 saturated carbocycles. The van der Waals surface area contributed by atoms with Crippen LogP contribution in [0.4, 0.5) is 0 Å². The Hall–Kier alpha value is -6.73. The van der Waals surface area contributed by atoms with Crippen LogP contribution in [0.2, 0.25) is 0 Å². The Labute approximate surface area is 332 Å². The fourth-order valence-corrected chi connectivity index (χ4v) is 10.3. The Balaban J connectivity index is 0.978. The van der Waals surface area contributed by atoms with Crippen LogP contribution in [0, 0.1) is 5.92 Å². The van der Waals surface area contributed by atoms with E-state index < -0.39 is 0 Å². The zero-order valence-corrected chi connectivity index (χ0v) is 31.7. The van der Waals surface area contributed by atoms with E-state index in [-0.39, 0.29) is 18.2 Å². The molecule has 0 bridgehead atoms. The monoisotopic (exact) mass is 752 g/mol. The molecule has 10 aromatic rings. The summed E-state index contributed by atoms with van der Waals surface area (Å²) in [7, 11) is 0. The minimum Gasteiger partial charge on any atom is -0.456 e. The Morgan fingerprint density at radius 2 is 1.33 bits per heavy atom. The summed E-state index contributed by atoms with van der Waals surface area (Å²) in [6, 6.07) is 58.7. The lowest BCUT2D eigenvalue weighted by Crippen LogP contribution is -2.51. The molecule has 7 aromatic carbocycles. The highest BCUT2D eigenvalue weighted by molar-refractivity contribution is 7.26. The van der Waals surface area contributed by atoms with Crippen molar-refractivity contribution in [3.05, 3.63) is 186 Å². The largest absolute Gasteiger partial charge is 0.456 e. The number of nitrogens with one attached hydrogen (secondary N) is 2. The van der Waals surface area contributed by atoms with Crippen LogP contribution in [-0.4, -0.2) is 16.6 Å². The summed E-state index contributed by atoms with van der Waals surface area (Å²) >= 11 is 1.87. The van der Waals surface area contributed by atoms with Crippen molar-refractivity contribution in [3.8, 4) is 16.8 Å². The first-order chi connectivity index (χ1) is 28.2. The first-order valence-electron chi connectivity index (χ1n) is 19.6. The maximum Gasteiger partial charge on any atom is 0.135 e. The van der Waals surface area contributed by atoms with Gasteiger partial charge in [-0.15, -0.1) is 11.3 Å². The number of aliphatic imine (C=N–C) groups is 1. The van der Waals surface area contributed by atoms with Crippen LogP contribution in [0.15, 0.2) is 173 Å². The van der Waals surface area contributed by atoms with Crippen molar-refractivity contribution in [3.63, 3.8) is 0 Å². The fourth-order valence-electron chi connectivity index (χ4n) is 9.19. The van der Waals surface area contributed by atoms with Gasteiger partial charge in [0.25, 0.3) is 0 Å². The quantitative estimate of drug-likeness (QED) is 0.184. The van der Waals surface area contributed by atoms with Gasteiger partial charge >= 0.3 is 0 Å². The number of hydrogen-bond donors (Lipinski definition) is 2. The van der Waals surface area contributed by atoms with E-state index >= 15 is 0 Å². The zero-order chi connectivity index (χ0) is 37.5. The highest BCUT2D eigenvalue weighted by atomic mass is 32.1. The predicted molar refractivity (Wildman–Crippen MR) is 237 cm³/mol. The van der Waals surface area contributed by atoms with Crippen molar-refractivity contribution < 1.29 is 4.42 Å². The van der Waals surface area contributed by atoms with Gasteiger partial charge in [-0.2, -0.15) is 0 Å². The van der Waals surface area contributed by atoms with Crippen LogP contribution in [0.5, 0.6) is 0 Å². The highest BCUT2D eigenvalue weighted by Gasteiger charge is 2.30. The minimum absolute atomic E-state index is 0.0664. The lowest BCUT2D eigenvalue weighted by Gasteiger charge is -2.35. The lowest BCUT2D eigenvalue weighted by atomic mass is 9.94. The summed E-state index contributed by atoms with van der Waals surface area (Å²) in [4.78, 5) is 5.24. The third-order valence-electron chi connectivity index (χ3n) is 11.8. The van der Waals surface area contributed by atoms with Crippen LogP contribution in [-0.2, 0) is 0 Å². The maximum absolute atomic E-state index is 6.64. The SMILES string of the molecule is C1=c2oc3ccc(-c4cccc5sc6cccc(-n7c8ccccc8c8ccccc87)c6c45)cc3c2=CCC1C1N=C(c2ccccc2)NC(c2ccccc2)N1. The number of hydrogen-bond acceptors (Lipinski definition) is 5. The molecule has 3 aromatic heterocycles. The van der Waals surface area contributed by atoms with Crippen molar-refractivity contribution in [2.45, 2.75) is 18.8 Å². The number of fused-ring (bicyclic) bond motifs is 9. The minimum atomic E-state index is -0.131. The molecular formula is C51H36N4OS. The van der Waals surface area contributed by atoms with Gasteiger partial charge in [0.1, 0.15) is 29.2 Å². The number of aromatic nitrogens is 1. The molecule has 0 spiro atoms. The summed E-state index contributed by atoms with van der Waals surface area (Å²) < 4.78 is 11.7. The average molecular weight is 753 g/mol. The molecule has 1 aliphatic carbocycles. The van der Waals surface area contributed by atoms with Gasteiger partial charge in [0.2, 0.25) is 0 Å². The smallest absolute Gasteiger partial charge is 0.135 e. The summed E-state index contributed by atoms with van der Waals surface area (Å²) in [5.41, 5.74) is 10.1. The molecule has 0 amide bonds. The number of rotatable bonds is 5. The van der Waals surface area contributed by atoms with Crippen molar-refractivity contribution in [2.24, 2.45) is 10.9 Å². The summed E-state index contributed by atoms with van der Waals surface area (Å²) in [6.45, 7) is 0. The molecule has 0 fully saturated rings. The van der Waals surface area contributed by atoms with Gasteiger partial charge in [0.15, 0.2) is 0 Å². The highest BCUT2D eigenvalue weighted by Crippen LogP contribution is 2.44. The molecule has 4 heterocycles. The zero-order valence-electron chi connectivity index (χ0n) is 30.9. The number of benzene rings is 7. The molecule has 1 aliphatic heterocycles. The van der Waals surface area contributed by atoms with E-state index in [1.807, 2.05) is 17.4 Å². The van der Waals surface area contributed by atoms with Crippen LogP contribution in [0.25, 0.3) is 81.9 Å². The third-order valence-corrected chi connectivity index (χ3v) is 12.9. The lowest BCUT2D eigenvalue weighted by molar-refractivity contribution is 0.349. The summed E-state index contributed by atoms with van der Waals surface area (Å²) in [5, 5.41) is 14.9. The van der Waals surface area contributed by atoms with E-state index in [0.29, 0.717) is 0 Å². The second kappa shape index (κ2) is 12.9. The van der Waals surface area contributed by atoms with Gasteiger partial charge in [-0.3, -0.25) is 5.32 Å². The molecule has 2 N–H and O–H groups in total. The number of amidine groups is 1. The number of thiophene rings is 1. The van der Waals surface area contributed by atoms with Crippen molar-refractivity contribution in [1.29, 1.82) is 0 Å². The molecule has 2 aliphatic rings. The number of furan rings is 1. The maximum atomic E-state index is 6.64. The number of para-hydroxylation sites is 2. The Morgan fingerprint density at radius 1 is 0.632 bits per heavy atom. The van der Waals surface area contributed by atoms with Crippen molar-refractivity contribution in [2.75, 3.05) is 0 Å². The Bertz CT molecular complexity index is 3300. The van der Waals surface area contributed by atoms with Crippen LogP contribution in [0.3, 0.4) is 0 Å². The van der Waals surface area contributed by atoms with Crippen LogP contribution in [0.1, 0.15) is 23.7 Å². The van der Waals surface area contributed by atoms with E-state index in [1.54, 1.807) is 0 Å². The number of nitrogens with zero attached hydrogens (tertiary/aromatic N) is 2. The van der Waals surface area contributed by atoms with Gasteiger partial charge in [-0.05, 0) is 71.7 Å². The van der Waals surface area contributed by atoms with Gasteiger partial charge < -0.3 is 14.3 Å². The molecule has 12 rings (SSSR count). The third kappa shape index (κ3) is 5.22. The van der Waals surface area contributed by atoms with Crippen LogP contribution >= 0.6 is 11.3 Å². The first-order valence-corrected chi connectivity index (χ1v) is 20.5. The van der Waals surface area contributed by atoms with Gasteiger partial charge in [-0.25, -0.2) is 4.99 Å². The van der Waals surface area contributed by atoms with Gasteiger partial charge in [0.05, 0.1) is 16.7 Å². The van der Waals surface area contributed by atoms with Crippen molar-refractivity contribution >= 4 is 82.3 Å². The van der Waals surface area contributed by atoms with Gasteiger partial charge in [0, 0.05) is 53.0 Å². The van der Waals surface area contributed by atoms with Crippen LogP contribution < -0.4 is 21.3 Å². The standard InChI is InChI=1S/C51H36N4OS/c1-3-13-31(14-4-1)49-52-50(32-15-5-2-6-16-32)54-51(53-49)34-25-27-38-39-29-33(26-28-43(39)56-44(38)30-34)35-19-11-23-45-47(35)48-42(22-12-24-46(48)57-45)55-40-20-9-7-17-36(40)37-18-8-10-21-41(37)55/h1-24,26-30,34,49,51,53H,25H2,(H,52,54). The topological polar surface area (TPSA) is 54.5 Å². The fraction of sp³-hybridized carbons (Fsp3) is 0.0784. The Kier molecular flexibility index (Phi) is 7.37. The first kappa shape index (κ1) is 32.5. The van der Waals surface area contributed by atoms with E-state index in [4.69, 9.17) is 9.41 Å².